The van der Waals surface area contributed by atoms with E-state index in [0.717, 1.165) is 4.90 Å². The molecule has 0 saturated carbocycles. The number of thioether (sulfide) groups is 1. The fourth-order valence-corrected chi connectivity index (χ4v) is 1.48. The molecule has 70 valence electrons. The van der Waals surface area contributed by atoms with E-state index >= 15 is 0 Å². The number of amides is 1. The third kappa shape index (κ3) is 2.66. The molecular formula is C9H11NO2S. The average molecular weight is 197 g/mol. The zero-order valence-electron chi connectivity index (χ0n) is 7.50. The largest absolute Gasteiger partial charge is 0.507 e. The van der Waals surface area contributed by atoms with Gasteiger partial charge in [-0.3, -0.25) is 4.79 Å². The molecule has 0 aliphatic rings. The Balaban J connectivity index is 2.92. The summed E-state index contributed by atoms with van der Waals surface area (Å²) in [6.07, 6.45) is 1.87. The maximum atomic E-state index is 10.7. The predicted octanol–water partition coefficient (Wildman–Crippen LogP) is 2.07. The van der Waals surface area contributed by atoms with Crippen LogP contribution in [0.1, 0.15) is 6.92 Å². The molecule has 4 heteroatoms. The van der Waals surface area contributed by atoms with Crippen LogP contribution in [-0.4, -0.2) is 17.3 Å². The number of benzene rings is 1. The molecule has 0 aromatic heterocycles. The second kappa shape index (κ2) is 4.18. The number of hydrogen-bond donors (Lipinski definition) is 2. The topological polar surface area (TPSA) is 49.3 Å². The molecule has 0 aliphatic carbocycles. The molecule has 1 rings (SSSR count). The Morgan fingerprint density at radius 3 is 2.77 bits per heavy atom. The van der Waals surface area contributed by atoms with Gasteiger partial charge in [0.1, 0.15) is 5.75 Å². The Bertz CT molecular complexity index is 325. The normalized spacial score (nSPS) is 9.69. The fourth-order valence-electron chi connectivity index (χ4n) is 0.959. The van der Waals surface area contributed by atoms with Crippen LogP contribution in [0.4, 0.5) is 5.69 Å². The molecule has 2 N–H and O–H groups in total. The van der Waals surface area contributed by atoms with Gasteiger partial charge in [-0.2, -0.15) is 0 Å². The van der Waals surface area contributed by atoms with Crippen LogP contribution in [0.15, 0.2) is 23.1 Å². The van der Waals surface area contributed by atoms with Gasteiger partial charge in [-0.15, -0.1) is 11.8 Å². The minimum Gasteiger partial charge on any atom is -0.507 e. The lowest BCUT2D eigenvalue weighted by Crippen LogP contribution is -2.05. The molecular weight excluding hydrogens is 186 g/mol. The predicted molar refractivity (Wildman–Crippen MR) is 54.2 cm³/mol. The quantitative estimate of drug-likeness (QED) is 0.563. The molecule has 0 bridgehead atoms. The van der Waals surface area contributed by atoms with Crippen molar-refractivity contribution in [3.63, 3.8) is 0 Å². The molecule has 0 radical (unpaired) electrons. The number of anilines is 1. The first kappa shape index (κ1) is 9.92. The van der Waals surface area contributed by atoms with Crippen molar-refractivity contribution < 1.29 is 9.90 Å². The van der Waals surface area contributed by atoms with Crippen LogP contribution < -0.4 is 5.32 Å². The summed E-state index contributed by atoms with van der Waals surface area (Å²) in [6, 6.07) is 4.97. The summed E-state index contributed by atoms with van der Waals surface area (Å²) in [5, 5.41) is 12.0. The monoisotopic (exact) mass is 197 g/mol. The van der Waals surface area contributed by atoms with Crippen LogP contribution in [0.25, 0.3) is 0 Å². The van der Waals surface area contributed by atoms with E-state index in [1.54, 1.807) is 18.2 Å². The van der Waals surface area contributed by atoms with Gasteiger partial charge in [-0.1, -0.05) is 0 Å². The lowest BCUT2D eigenvalue weighted by molar-refractivity contribution is -0.114. The number of nitrogens with one attached hydrogen (secondary N) is 1. The highest BCUT2D eigenvalue weighted by Crippen LogP contribution is 2.29. The standard InChI is InChI=1S/C9H11NO2S/c1-6(11)10-7-3-4-8(12)9(5-7)13-2/h3-5,12H,1-2H3,(H,10,11). The van der Waals surface area contributed by atoms with Crippen molar-refractivity contribution in [3.8, 4) is 5.75 Å². The molecule has 1 aromatic carbocycles. The fraction of sp³-hybridized carbons (Fsp3) is 0.222. The van der Waals surface area contributed by atoms with E-state index < -0.39 is 0 Å². The number of phenols is 1. The Labute approximate surface area is 81.2 Å². The zero-order chi connectivity index (χ0) is 9.84. The summed E-state index contributed by atoms with van der Waals surface area (Å²) in [5.41, 5.74) is 0.703. The molecule has 0 aliphatic heterocycles. The third-order valence-electron chi connectivity index (χ3n) is 1.50. The summed E-state index contributed by atoms with van der Waals surface area (Å²) < 4.78 is 0. The lowest BCUT2D eigenvalue weighted by atomic mass is 10.3. The number of carbonyl (C=O) groups is 1. The second-order valence-electron chi connectivity index (χ2n) is 2.57. The minimum atomic E-state index is -0.113. The van der Waals surface area contributed by atoms with Gasteiger partial charge in [0, 0.05) is 12.6 Å². The van der Waals surface area contributed by atoms with Crippen molar-refractivity contribution in [1.82, 2.24) is 0 Å². The molecule has 0 heterocycles. The highest BCUT2D eigenvalue weighted by molar-refractivity contribution is 7.98. The van der Waals surface area contributed by atoms with Crippen molar-refractivity contribution in [2.45, 2.75) is 11.8 Å². The number of rotatable bonds is 2. The molecule has 0 atom stereocenters. The molecule has 1 aromatic rings. The third-order valence-corrected chi connectivity index (χ3v) is 2.27. The van der Waals surface area contributed by atoms with E-state index in [0.29, 0.717) is 5.69 Å². The van der Waals surface area contributed by atoms with Gasteiger partial charge in [0.25, 0.3) is 0 Å². The molecule has 3 nitrogen and oxygen atoms in total. The van der Waals surface area contributed by atoms with Crippen LogP contribution in [-0.2, 0) is 4.79 Å². The van der Waals surface area contributed by atoms with Gasteiger partial charge >= 0.3 is 0 Å². The molecule has 0 fully saturated rings. The molecule has 1 amide bonds. The van der Waals surface area contributed by atoms with Gasteiger partial charge in [-0.25, -0.2) is 0 Å². The SMILES string of the molecule is CSc1cc(NC(C)=O)ccc1O. The van der Waals surface area contributed by atoms with Gasteiger partial charge in [0.05, 0.1) is 4.90 Å². The number of aromatic hydroxyl groups is 1. The first-order valence-electron chi connectivity index (χ1n) is 3.78. The zero-order valence-corrected chi connectivity index (χ0v) is 8.31. The summed E-state index contributed by atoms with van der Waals surface area (Å²) in [4.78, 5) is 11.5. The molecule has 0 spiro atoms. The van der Waals surface area contributed by atoms with Crippen molar-refractivity contribution >= 4 is 23.4 Å². The van der Waals surface area contributed by atoms with Gasteiger partial charge < -0.3 is 10.4 Å². The van der Waals surface area contributed by atoms with Crippen LogP contribution in [0.3, 0.4) is 0 Å². The Kier molecular flexibility index (Phi) is 3.19. The first-order valence-corrected chi connectivity index (χ1v) is 5.00. The summed E-state index contributed by atoms with van der Waals surface area (Å²) in [6.45, 7) is 1.45. The van der Waals surface area contributed by atoms with Crippen molar-refractivity contribution in [2.24, 2.45) is 0 Å². The van der Waals surface area contributed by atoms with E-state index in [4.69, 9.17) is 0 Å². The summed E-state index contributed by atoms with van der Waals surface area (Å²) in [7, 11) is 0. The van der Waals surface area contributed by atoms with E-state index in [2.05, 4.69) is 5.32 Å². The Morgan fingerprint density at radius 1 is 1.54 bits per heavy atom. The van der Waals surface area contributed by atoms with Crippen LogP contribution >= 0.6 is 11.8 Å². The number of phenolic OH excluding ortho intramolecular Hbond substituents is 1. The number of hydrogen-bond acceptors (Lipinski definition) is 3. The van der Waals surface area contributed by atoms with Crippen molar-refractivity contribution in [2.75, 3.05) is 11.6 Å². The smallest absolute Gasteiger partial charge is 0.221 e. The maximum absolute atomic E-state index is 10.7. The van der Waals surface area contributed by atoms with Crippen molar-refractivity contribution in [3.05, 3.63) is 18.2 Å². The lowest BCUT2D eigenvalue weighted by Gasteiger charge is -2.05. The van der Waals surface area contributed by atoms with E-state index in [1.165, 1.54) is 18.7 Å². The summed E-state index contributed by atoms with van der Waals surface area (Å²) >= 11 is 1.44. The molecule has 13 heavy (non-hydrogen) atoms. The highest BCUT2D eigenvalue weighted by atomic mass is 32.2. The van der Waals surface area contributed by atoms with Gasteiger partial charge in [0.15, 0.2) is 0 Å². The Morgan fingerprint density at radius 2 is 2.23 bits per heavy atom. The molecule has 0 saturated heterocycles. The number of carbonyl (C=O) groups excluding carboxylic acids is 1. The summed E-state index contributed by atoms with van der Waals surface area (Å²) in [5.74, 6) is 0.124. The average Bonchev–Trinajstić information content (AvgIpc) is 2.07. The second-order valence-corrected chi connectivity index (χ2v) is 3.42. The van der Waals surface area contributed by atoms with Crippen LogP contribution in [0.2, 0.25) is 0 Å². The highest BCUT2D eigenvalue weighted by Gasteiger charge is 2.01. The maximum Gasteiger partial charge on any atom is 0.221 e. The van der Waals surface area contributed by atoms with Gasteiger partial charge in [-0.05, 0) is 24.5 Å². The van der Waals surface area contributed by atoms with E-state index in [9.17, 15) is 9.90 Å². The van der Waals surface area contributed by atoms with Crippen LogP contribution in [0, 0.1) is 0 Å². The van der Waals surface area contributed by atoms with Crippen molar-refractivity contribution in [1.29, 1.82) is 0 Å². The Hall–Kier alpha value is -1.16. The van der Waals surface area contributed by atoms with E-state index in [-0.39, 0.29) is 11.7 Å². The van der Waals surface area contributed by atoms with Crippen LogP contribution in [0.5, 0.6) is 5.75 Å². The molecule has 0 unspecified atom stereocenters. The van der Waals surface area contributed by atoms with E-state index in [1.807, 2.05) is 6.26 Å². The first-order chi connectivity index (χ1) is 6.13. The van der Waals surface area contributed by atoms with Gasteiger partial charge in [0.2, 0.25) is 5.91 Å². The minimum absolute atomic E-state index is 0.113.